The Bertz CT molecular complexity index is 530. The number of nitrogens with one attached hydrogen (secondary N) is 1. The van der Waals surface area contributed by atoms with Crippen LogP contribution < -0.4 is 10.1 Å². The molecule has 0 fully saturated rings. The van der Waals surface area contributed by atoms with Crippen molar-refractivity contribution in [3.8, 4) is 5.75 Å². The summed E-state index contributed by atoms with van der Waals surface area (Å²) in [6.45, 7) is 0.825. The van der Waals surface area contributed by atoms with Crippen LogP contribution in [0.25, 0.3) is 0 Å². The highest BCUT2D eigenvalue weighted by molar-refractivity contribution is 5.99. The van der Waals surface area contributed by atoms with E-state index in [1.54, 1.807) is 30.1 Å². The van der Waals surface area contributed by atoms with E-state index in [-0.39, 0.29) is 25.0 Å². The fourth-order valence-corrected chi connectivity index (χ4v) is 2.18. The first kappa shape index (κ1) is 15.3. The minimum Gasteiger partial charge on any atom is -0.482 e. The predicted molar refractivity (Wildman–Crippen MR) is 78.5 cm³/mol. The molecule has 0 radical (unpaired) electrons. The highest BCUT2D eigenvalue weighted by Gasteiger charge is 2.19. The Morgan fingerprint density at radius 2 is 2.19 bits per heavy atom. The summed E-state index contributed by atoms with van der Waals surface area (Å²) in [5, 5.41) is 11.4. The van der Waals surface area contributed by atoms with E-state index in [0.717, 1.165) is 19.3 Å². The van der Waals surface area contributed by atoms with Gasteiger partial charge < -0.3 is 20.1 Å². The zero-order valence-corrected chi connectivity index (χ0v) is 12.1. The molecule has 0 bridgehead atoms. The van der Waals surface area contributed by atoms with Crippen LogP contribution in [0.3, 0.4) is 0 Å². The average Bonchev–Trinajstić information content (AvgIpc) is 2.49. The number of fused-ring (bicyclic) bond motifs is 1. The van der Waals surface area contributed by atoms with Gasteiger partial charge in [0.2, 0.25) is 0 Å². The van der Waals surface area contributed by atoms with E-state index in [1.807, 2.05) is 0 Å². The summed E-state index contributed by atoms with van der Waals surface area (Å²) in [6, 6.07) is 5.03. The quantitative estimate of drug-likeness (QED) is 0.774. The Hall–Kier alpha value is -2.08. The van der Waals surface area contributed by atoms with Crippen LogP contribution in [0.4, 0.5) is 5.69 Å². The molecule has 2 N–H and O–H groups in total. The topological polar surface area (TPSA) is 78.9 Å². The minimum absolute atomic E-state index is 0.00501. The Labute approximate surface area is 123 Å². The normalized spacial score (nSPS) is 13.1. The van der Waals surface area contributed by atoms with Crippen molar-refractivity contribution in [1.82, 2.24) is 4.90 Å². The molecule has 0 saturated heterocycles. The molecule has 1 heterocycles. The third-order valence-corrected chi connectivity index (χ3v) is 3.36. The molecule has 1 aromatic rings. The number of benzene rings is 1. The van der Waals surface area contributed by atoms with Crippen molar-refractivity contribution in [1.29, 1.82) is 0 Å². The van der Waals surface area contributed by atoms with Crippen LogP contribution in [-0.4, -0.2) is 48.6 Å². The number of rotatable bonds is 6. The maximum Gasteiger partial charge on any atom is 0.262 e. The van der Waals surface area contributed by atoms with Crippen LogP contribution >= 0.6 is 0 Å². The molecule has 0 aliphatic carbocycles. The molecule has 6 nitrogen and oxygen atoms in total. The van der Waals surface area contributed by atoms with Crippen LogP contribution in [-0.2, 0) is 4.79 Å². The number of hydrogen-bond donors (Lipinski definition) is 2. The Morgan fingerprint density at radius 1 is 1.38 bits per heavy atom. The summed E-state index contributed by atoms with van der Waals surface area (Å²) < 4.78 is 5.26. The van der Waals surface area contributed by atoms with E-state index >= 15 is 0 Å². The largest absolute Gasteiger partial charge is 0.482 e. The van der Waals surface area contributed by atoms with E-state index in [2.05, 4.69) is 5.32 Å². The SMILES string of the molecule is CN(CCCCCO)C(=O)c1ccc2c(c1)NC(=O)CO2. The molecule has 6 heteroatoms. The number of nitrogens with zero attached hydrogens (tertiary/aromatic N) is 1. The molecule has 21 heavy (non-hydrogen) atoms. The number of unbranched alkanes of at least 4 members (excludes halogenated alkanes) is 2. The lowest BCUT2D eigenvalue weighted by molar-refractivity contribution is -0.118. The van der Waals surface area contributed by atoms with Crippen molar-refractivity contribution in [3.63, 3.8) is 0 Å². The van der Waals surface area contributed by atoms with Crippen molar-refractivity contribution in [2.24, 2.45) is 0 Å². The molecule has 0 saturated carbocycles. The molecular weight excluding hydrogens is 272 g/mol. The van der Waals surface area contributed by atoms with Gasteiger partial charge in [0.15, 0.2) is 6.61 Å². The first-order valence-corrected chi connectivity index (χ1v) is 7.05. The van der Waals surface area contributed by atoms with Crippen molar-refractivity contribution < 1.29 is 19.4 Å². The number of hydrogen-bond acceptors (Lipinski definition) is 4. The summed E-state index contributed by atoms with van der Waals surface area (Å²) >= 11 is 0. The standard InChI is InChI=1S/C15H20N2O4/c1-17(7-3-2-4-8-18)15(20)11-5-6-13-12(9-11)16-14(19)10-21-13/h5-6,9,18H,2-4,7-8,10H2,1H3,(H,16,19). The highest BCUT2D eigenvalue weighted by Crippen LogP contribution is 2.28. The monoisotopic (exact) mass is 292 g/mol. The van der Waals surface area contributed by atoms with Crippen LogP contribution in [0.15, 0.2) is 18.2 Å². The summed E-state index contributed by atoms with van der Waals surface area (Å²) in [6.07, 6.45) is 2.50. The van der Waals surface area contributed by atoms with Crippen molar-refractivity contribution in [3.05, 3.63) is 23.8 Å². The number of carbonyl (C=O) groups excluding carboxylic acids is 2. The molecular formula is C15H20N2O4. The second-order valence-electron chi connectivity index (χ2n) is 5.06. The molecule has 2 amide bonds. The van der Waals surface area contributed by atoms with E-state index in [4.69, 9.17) is 9.84 Å². The van der Waals surface area contributed by atoms with Gasteiger partial charge >= 0.3 is 0 Å². The van der Waals surface area contributed by atoms with Crippen LogP contribution in [0.2, 0.25) is 0 Å². The van der Waals surface area contributed by atoms with E-state index in [1.165, 1.54) is 0 Å². The average molecular weight is 292 g/mol. The predicted octanol–water partition coefficient (Wildman–Crippen LogP) is 1.25. The van der Waals surface area contributed by atoms with Gasteiger partial charge in [-0.15, -0.1) is 0 Å². The van der Waals surface area contributed by atoms with Gasteiger partial charge in [0, 0.05) is 25.8 Å². The first-order chi connectivity index (χ1) is 10.1. The fraction of sp³-hybridized carbons (Fsp3) is 0.467. The Morgan fingerprint density at radius 3 is 2.95 bits per heavy atom. The van der Waals surface area contributed by atoms with Gasteiger partial charge in [-0.05, 0) is 37.5 Å². The summed E-state index contributed by atoms with van der Waals surface area (Å²) in [5.74, 6) is 0.267. The Balaban J connectivity index is 1.99. The Kier molecular flexibility index (Phi) is 5.16. The molecule has 1 aliphatic rings. The lowest BCUT2D eigenvalue weighted by atomic mass is 10.1. The van der Waals surface area contributed by atoms with Crippen LogP contribution in [0.1, 0.15) is 29.6 Å². The van der Waals surface area contributed by atoms with Gasteiger partial charge in [0.1, 0.15) is 5.75 Å². The lowest BCUT2D eigenvalue weighted by Crippen LogP contribution is -2.29. The third kappa shape index (κ3) is 3.95. The minimum atomic E-state index is -0.218. The maximum absolute atomic E-state index is 12.3. The maximum atomic E-state index is 12.3. The van der Waals surface area contributed by atoms with Gasteiger partial charge in [-0.25, -0.2) is 0 Å². The van der Waals surface area contributed by atoms with Crippen molar-refractivity contribution >= 4 is 17.5 Å². The van der Waals surface area contributed by atoms with Gasteiger partial charge in [-0.3, -0.25) is 9.59 Å². The number of carbonyl (C=O) groups is 2. The van der Waals surface area contributed by atoms with E-state index in [0.29, 0.717) is 23.5 Å². The highest BCUT2D eigenvalue weighted by atomic mass is 16.5. The zero-order chi connectivity index (χ0) is 15.2. The number of amides is 2. The zero-order valence-electron chi connectivity index (χ0n) is 12.1. The smallest absolute Gasteiger partial charge is 0.262 e. The lowest BCUT2D eigenvalue weighted by Gasteiger charge is -2.20. The second-order valence-corrected chi connectivity index (χ2v) is 5.06. The fourth-order valence-electron chi connectivity index (χ4n) is 2.18. The van der Waals surface area contributed by atoms with Crippen LogP contribution in [0.5, 0.6) is 5.75 Å². The third-order valence-electron chi connectivity index (χ3n) is 3.36. The molecule has 1 aromatic carbocycles. The van der Waals surface area contributed by atoms with Gasteiger partial charge in [0.05, 0.1) is 5.69 Å². The number of ether oxygens (including phenoxy) is 1. The van der Waals surface area contributed by atoms with Crippen molar-refractivity contribution in [2.45, 2.75) is 19.3 Å². The molecule has 1 aliphatic heterocycles. The molecule has 0 aromatic heterocycles. The second kappa shape index (κ2) is 7.08. The first-order valence-electron chi connectivity index (χ1n) is 7.05. The molecule has 114 valence electrons. The van der Waals surface area contributed by atoms with Gasteiger partial charge in [-0.2, -0.15) is 0 Å². The molecule has 0 spiro atoms. The van der Waals surface area contributed by atoms with E-state index < -0.39 is 0 Å². The van der Waals surface area contributed by atoms with Crippen molar-refractivity contribution in [2.75, 3.05) is 32.1 Å². The summed E-state index contributed by atoms with van der Waals surface area (Å²) in [7, 11) is 1.75. The summed E-state index contributed by atoms with van der Waals surface area (Å²) in [5.41, 5.74) is 1.05. The molecule has 0 unspecified atom stereocenters. The van der Waals surface area contributed by atoms with Crippen LogP contribution in [0, 0.1) is 0 Å². The summed E-state index contributed by atoms with van der Waals surface area (Å²) in [4.78, 5) is 25.2. The molecule has 0 atom stereocenters. The van der Waals surface area contributed by atoms with E-state index in [9.17, 15) is 9.59 Å². The molecule has 2 rings (SSSR count). The van der Waals surface area contributed by atoms with Gasteiger partial charge in [-0.1, -0.05) is 0 Å². The number of aliphatic hydroxyl groups excluding tert-OH is 1. The number of anilines is 1. The van der Waals surface area contributed by atoms with Gasteiger partial charge in [0.25, 0.3) is 11.8 Å². The number of aliphatic hydroxyl groups is 1.